The van der Waals surface area contributed by atoms with Crippen LogP contribution in [0.2, 0.25) is 0 Å². The molecule has 0 saturated carbocycles. The zero-order chi connectivity index (χ0) is 21.4. The first kappa shape index (κ1) is 21.1. The number of amides is 1. The fraction of sp³-hybridized carbons (Fsp3) is 0.0909. The third kappa shape index (κ3) is 5.92. The molecule has 0 aliphatic carbocycles. The van der Waals surface area contributed by atoms with E-state index < -0.39 is 21.9 Å². The van der Waals surface area contributed by atoms with Crippen molar-refractivity contribution < 1.29 is 22.7 Å². The van der Waals surface area contributed by atoms with Gasteiger partial charge in [-0.1, -0.05) is 48.5 Å². The van der Waals surface area contributed by atoms with E-state index in [2.05, 4.69) is 10.0 Å². The van der Waals surface area contributed by atoms with E-state index in [9.17, 15) is 18.0 Å². The summed E-state index contributed by atoms with van der Waals surface area (Å²) < 4.78 is 32.2. The fourth-order valence-corrected chi connectivity index (χ4v) is 3.63. The molecule has 2 N–H and O–H groups in total. The van der Waals surface area contributed by atoms with Crippen molar-refractivity contribution in [1.29, 1.82) is 0 Å². The van der Waals surface area contributed by atoms with Crippen molar-refractivity contribution in [2.24, 2.45) is 0 Å². The van der Waals surface area contributed by atoms with Gasteiger partial charge < -0.3 is 10.1 Å². The molecule has 0 saturated heterocycles. The Bertz CT molecular complexity index is 1100. The molecule has 0 fully saturated rings. The van der Waals surface area contributed by atoms with Gasteiger partial charge in [-0.25, -0.2) is 8.42 Å². The average Bonchev–Trinajstić information content (AvgIpc) is 2.77. The molecule has 0 spiro atoms. The maximum absolute atomic E-state index is 12.3. The highest BCUT2D eigenvalue weighted by Gasteiger charge is 2.14. The molecule has 0 aromatic heterocycles. The van der Waals surface area contributed by atoms with E-state index >= 15 is 0 Å². The first-order valence-corrected chi connectivity index (χ1v) is 10.6. The minimum absolute atomic E-state index is 0.131. The van der Waals surface area contributed by atoms with Crippen molar-refractivity contribution in [2.45, 2.75) is 11.5 Å². The largest absolute Gasteiger partial charge is 0.460 e. The van der Waals surface area contributed by atoms with Crippen molar-refractivity contribution in [3.05, 3.63) is 96.1 Å². The molecular weight excluding hydrogens is 404 g/mol. The molecule has 0 bridgehead atoms. The predicted octanol–water partition coefficient (Wildman–Crippen LogP) is 2.96. The normalized spacial score (nSPS) is 10.8. The molecule has 154 valence electrons. The molecule has 1 amide bonds. The summed E-state index contributed by atoms with van der Waals surface area (Å²) in [6, 6.07) is 23.1. The molecule has 3 aromatic rings. The van der Waals surface area contributed by atoms with Crippen LogP contribution in [0.1, 0.15) is 15.9 Å². The summed E-state index contributed by atoms with van der Waals surface area (Å²) in [5.41, 5.74) is 1.46. The van der Waals surface area contributed by atoms with Crippen LogP contribution < -0.4 is 10.0 Å². The van der Waals surface area contributed by atoms with Gasteiger partial charge in [-0.05, 0) is 42.0 Å². The molecule has 3 aromatic carbocycles. The second-order valence-electron chi connectivity index (χ2n) is 6.32. The number of hydrogen-bond acceptors (Lipinski definition) is 5. The van der Waals surface area contributed by atoms with E-state index in [1.54, 1.807) is 18.2 Å². The highest BCUT2D eigenvalue weighted by Crippen LogP contribution is 2.16. The highest BCUT2D eigenvalue weighted by molar-refractivity contribution is 7.92. The number of anilines is 1. The molecule has 0 aliphatic rings. The van der Waals surface area contributed by atoms with E-state index in [4.69, 9.17) is 4.74 Å². The molecular formula is C22H20N2O5S. The summed E-state index contributed by atoms with van der Waals surface area (Å²) in [7, 11) is -3.71. The van der Waals surface area contributed by atoms with Gasteiger partial charge in [0.05, 0.1) is 4.90 Å². The molecule has 0 aliphatic heterocycles. The number of esters is 1. The number of benzene rings is 3. The van der Waals surface area contributed by atoms with Crippen molar-refractivity contribution in [3.8, 4) is 0 Å². The minimum Gasteiger partial charge on any atom is -0.460 e. The maximum atomic E-state index is 12.3. The first-order chi connectivity index (χ1) is 14.4. The Morgan fingerprint density at radius 3 is 2.03 bits per heavy atom. The summed E-state index contributed by atoms with van der Waals surface area (Å²) in [4.78, 5) is 24.1. The number of carbonyl (C=O) groups is 2. The Balaban J connectivity index is 1.50. The second kappa shape index (κ2) is 9.71. The van der Waals surface area contributed by atoms with Crippen molar-refractivity contribution in [3.63, 3.8) is 0 Å². The fourth-order valence-electron chi connectivity index (χ4n) is 2.55. The third-order valence-corrected chi connectivity index (χ3v) is 5.49. The Labute approximate surface area is 174 Å². The van der Waals surface area contributed by atoms with Gasteiger partial charge in [-0.2, -0.15) is 0 Å². The number of sulfonamides is 1. The lowest BCUT2D eigenvalue weighted by molar-refractivity contribution is -0.143. The van der Waals surface area contributed by atoms with E-state index in [-0.39, 0.29) is 23.6 Å². The topological polar surface area (TPSA) is 102 Å². The summed E-state index contributed by atoms with van der Waals surface area (Å²) in [6.45, 7) is -0.139. The van der Waals surface area contributed by atoms with Crippen molar-refractivity contribution in [1.82, 2.24) is 5.32 Å². The molecule has 0 radical (unpaired) electrons. The molecule has 0 atom stereocenters. The Morgan fingerprint density at radius 1 is 0.800 bits per heavy atom. The van der Waals surface area contributed by atoms with Crippen LogP contribution in [-0.4, -0.2) is 26.8 Å². The zero-order valence-electron chi connectivity index (χ0n) is 15.9. The van der Waals surface area contributed by atoms with E-state index in [1.165, 1.54) is 36.4 Å². The van der Waals surface area contributed by atoms with Crippen LogP contribution in [0, 0.1) is 0 Å². The molecule has 8 heteroatoms. The van der Waals surface area contributed by atoms with Crippen LogP contribution in [0.25, 0.3) is 0 Å². The minimum atomic E-state index is -3.71. The Kier molecular flexibility index (Phi) is 6.82. The van der Waals surface area contributed by atoms with Crippen LogP contribution in [0.15, 0.2) is 89.8 Å². The van der Waals surface area contributed by atoms with Gasteiger partial charge >= 0.3 is 5.97 Å². The number of hydrogen-bond donors (Lipinski definition) is 2. The van der Waals surface area contributed by atoms with Gasteiger partial charge in [-0.15, -0.1) is 0 Å². The lowest BCUT2D eigenvalue weighted by atomic mass is 10.2. The third-order valence-electron chi connectivity index (χ3n) is 4.09. The molecule has 0 unspecified atom stereocenters. The molecule has 3 rings (SSSR count). The maximum Gasteiger partial charge on any atom is 0.325 e. The Hall–Kier alpha value is -3.65. The summed E-state index contributed by atoms with van der Waals surface area (Å²) in [5, 5.41) is 2.48. The van der Waals surface area contributed by atoms with Crippen LogP contribution in [0.5, 0.6) is 0 Å². The van der Waals surface area contributed by atoms with Crippen LogP contribution in [0.4, 0.5) is 5.69 Å². The first-order valence-electron chi connectivity index (χ1n) is 9.10. The van der Waals surface area contributed by atoms with Gasteiger partial charge in [0.15, 0.2) is 0 Å². The summed E-state index contributed by atoms with van der Waals surface area (Å²) in [5.74, 6) is -1.02. The zero-order valence-corrected chi connectivity index (χ0v) is 16.8. The van der Waals surface area contributed by atoms with Gasteiger partial charge in [0.1, 0.15) is 13.2 Å². The summed E-state index contributed by atoms with van der Waals surface area (Å²) >= 11 is 0. The number of nitrogens with one attached hydrogen (secondary N) is 2. The van der Waals surface area contributed by atoms with Gasteiger partial charge in [-0.3, -0.25) is 14.3 Å². The number of rotatable bonds is 8. The van der Waals surface area contributed by atoms with E-state index in [0.29, 0.717) is 5.69 Å². The van der Waals surface area contributed by atoms with Gasteiger partial charge in [0, 0.05) is 11.3 Å². The van der Waals surface area contributed by atoms with Crippen LogP contribution >= 0.6 is 0 Å². The van der Waals surface area contributed by atoms with Crippen LogP contribution in [-0.2, 0) is 26.2 Å². The van der Waals surface area contributed by atoms with Crippen molar-refractivity contribution in [2.75, 3.05) is 11.3 Å². The van der Waals surface area contributed by atoms with Gasteiger partial charge in [0.2, 0.25) is 0 Å². The standard InChI is InChI=1S/C22H20N2O5S/c25-21(29-16-17-7-3-1-4-8-17)15-23-22(26)18-11-13-19(14-12-18)24-30(27,28)20-9-5-2-6-10-20/h1-14,24H,15-16H2,(H,23,26). The van der Waals surface area contributed by atoms with Gasteiger partial charge in [0.25, 0.3) is 15.9 Å². The molecule has 0 heterocycles. The van der Waals surface area contributed by atoms with E-state index in [1.807, 2.05) is 30.3 Å². The SMILES string of the molecule is O=C(CNC(=O)c1ccc(NS(=O)(=O)c2ccccc2)cc1)OCc1ccccc1. The van der Waals surface area contributed by atoms with Crippen molar-refractivity contribution >= 4 is 27.6 Å². The second-order valence-corrected chi connectivity index (χ2v) is 8.01. The predicted molar refractivity (Wildman–Crippen MR) is 112 cm³/mol. The number of ether oxygens (including phenoxy) is 1. The van der Waals surface area contributed by atoms with E-state index in [0.717, 1.165) is 5.56 Å². The monoisotopic (exact) mass is 424 g/mol. The lowest BCUT2D eigenvalue weighted by Crippen LogP contribution is -2.30. The Morgan fingerprint density at radius 2 is 1.40 bits per heavy atom. The lowest BCUT2D eigenvalue weighted by Gasteiger charge is -2.09. The average molecular weight is 424 g/mol. The molecule has 7 nitrogen and oxygen atoms in total. The molecule has 30 heavy (non-hydrogen) atoms. The smallest absolute Gasteiger partial charge is 0.325 e. The van der Waals surface area contributed by atoms with Crippen LogP contribution in [0.3, 0.4) is 0 Å². The summed E-state index contributed by atoms with van der Waals surface area (Å²) in [6.07, 6.45) is 0. The quantitative estimate of drug-likeness (QED) is 0.542. The highest BCUT2D eigenvalue weighted by atomic mass is 32.2. The number of carbonyl (C=O) groups excluding carboxylic acids is 2.